The van der Waals surface area contributed by atoms with Crippen molar-refractivity contribution in [1.82, 2.24) is 14.9 Å². The summed E-state index contributed by atoms with van der Waals surface area (Å²) in [4.78, 5) is 0. The predicted molar refractivity (Wildman–Crippen MR) is 88.7 cm³/mol. The zero-order valence-electron chi connectivity index (χ0n) is 13.2. The van der Waals surface area contributed by atoms with Gasteiger partial charge in [-0.25, -0.2) is 0 Å². The average molecular weight is 320 g/mol. The van der Waals surface area contributed by atoms with Crippen LogP contribution in [0.25, 0.3) is 0 Å². The van der Waals surface area contributed by atoms with E-state index < -0.39 is 0 Å². The second-order valence-electron chi connectivity index (χ2n) is 4.94. The zero-order valence-corrected chi connectivity index (χ0v) is 14.0. The summed E-state index contributed by atoms with van der Waals surface area (Å²) in [7, 11) is 1.61. The van der Waals surface area contributed by atoms with Gasteiger partial charge < -0.3 is 9.47 Å². The van der Waals surface area contributed by atoms with E-state index in [9.17, 15) is 0 Å². The Morgan fingerprint density at radius 1 is 1.41 bits per heavy atom. The first-order chi connectivity index (χ1) is 10.6. The number of benzene rings is 1. The fourth-order valence-corrected chi connectivity index (χ4v) is 2.14. The molecule has 1 aromatic carbocycles. The lowest BCUT2D eigenvalue weighted by Gasteiger charge is -2.09. The second kappa shape index (κ2) is 7.22. The maximum atomic E-state index is 5.50. The summed E-state index contributed by atoms with van der Waals surface area (Å²) in [6, 6.07) is 5.64. The number of nitrogens with zero attached hydrogens (tertiary/aromatic N) is 3. The van der Waals surface area contributed by atoms with Crippen LogP contribution >= 0.6 is 12.2 Å². The Balaban J connectivity index is 2.31. The molecule has 2 rings (SSSR count). The van der Waals surface area contributed by atoms with Gasteiger partial charge in [-0.2, -0.15) is 14.9 Å². The Morgan fingerprint density at radius 3 is 2.82 bits per heavy atom. The van der Waals surface area contributed by atoms with Crippen molar-refractivity contribution < 1.29 is 9.47 Å². The van der Waals surface area contributed by atoms with Gasteiger partial charge in [0.1, 0.15) is 0 Å². The molecule has 6 nitrogen and oxygen atoms in total. The highest BCUT2D eigenvalue weighted by molar-refractivity contribution is 7.71. The molecule has 0 atom stereocenters. The molecule has 0 amide bonds. The summed E-state index contributed by atoms with van der Waals surface area (Å²) < 4.78 is 12.9. The Kier molecular flexibility index (Phi) is 5.32. The molecule has 0 radical (unpaired) electrons. The fraction of sp³-hybridized carbons (Fsp3) is 0.400. The van der Waals surface area contributed by atoms with E-state index in [2.05, 4.69) is 15.3 Å². The molecule has 0 unspecified atom stereocenters. The van der Waals surface area contributed by atoms with Crippen molar-refractivity contribution in [3.8, 4) is 11.5 Å². The van der Waals surface area contributed by atoms with Crippen molar-refractivity contribution in [1.29, 1.82) is 0 Å². The van der Waals surface area contributed by atoms with Gasteiger partial charge in [-0.3, -0.25) is 5.10 Å². The molecule has 1 aromatic heterocycles. The first-order valence-electron chi connectivity index (χ1n) is 7.09. The van der Waals surface area contributed by atoms with E-state index in [-0.39, 0.29) is 5.92 Å². The summed E-state index contributed by atoms with van der Waals surface area (Å²) in [6.07, 6.45) is 1.72. The topological polar surface area (TPSA) is 64.4 Å². The maximum absolute atomic E-state index is 5.50. The van der Waals surface area contributed by atoms with Crippen LogP contribution in [0.15, 0.2) is 23.3 Å². The normalized spacial score (nSPS) is 11.3. The molecular weight excluding hydrogens is 300 g/mol. The number of H-pyrrole nitrogens is 1. The SMILES string of the molecule is CCOc1ccc(/C=N\n2c(C(C)C)n[nH]c2=S)cc1OC. The molecule has 118 valence electrons. The lowest BCUT2D eigenvalue weighted by atomic mass is 10.2. The van der Waals surface area contributed by atoms with Gasteiger partial charge in [-0.15, -0.1) is 0 Å². The average Bonchev–Trinajstić information content (AvgIpc) is 2.87. The number of rotatable bonds is 6. The van der Waals surface area contributed by atoms with Gasteiger partial charge in [0.25, 0.3) is 0 Å². The van der Waals surface area contributed by atoms with E-state index in [1.54, 1.807) is 18.0 Å². The molecule has 0 saturated carbocycles. The molecule has 0 aliphatic heterocycles. The van der Waals surface area contributed by atoms with Gasteiger partial charge in [-0.05, 0) is 42.9 Å². The Morgan fingerprint density at radius 2 is 2.18 bits per heavy atom. The molecule has 7 heteroatoms. The second-order valence-corrected chi connectivity index (χ2v) is 5.33. The Hall–Kier alpha value is -2.15. The number of hydrogen-bond donors (Lipinski definition) is 1. The molecule has 0 saturated heterocycles. The van der Waals surface area contributed by atoms with Gasteiger partial charge >= 0.3 is 0 Å². The summed E-state index contributed by atoms with van der Waals surface area (Å²) in [5.41, 5.74) is 0.887. The van der Waals surface area contributed by atoms with Crippen LogP contribution in [0.5, 0.6) is 11.5 Å². The molecule has 0 bridgehead atoms. The molecule has 1 N–H and O–H groups in total. The van der Waals surface area contributed by atoms with E-state index in [1.165, 1.54) is 0 Å². The molecule has 0 spiro atoms. The molecular formula is C15H20N4O2S. The molecule has 2 aromatic rings. The van der Waals surface area contributed by atoms with E-state index >= 15 is 0 Å². The first-order valence-corrected chi connectivity index (χ1v) is 7.50. The van der Waals surface area contributed by atoms with Crippen LogP contribution in [0.1, 0.15) is 38.1 Å². The smallest absolute Gasteiger partial charge is 0.216 e. The van der Waals surface area contributed by atoms with Gasteiger partial charge in [0.05, 0.1) is 19.9 Å². The lowest BCUT2D eigenvalue weighted by Crippen LogP contribution is -2.01. The van der Waals surface area contributed by atoms with Crippen LogP contribution in [0.2, 0.25) is 0 Å². The van der Waals surface area contributed by atoms with Crippen LogP contribution < -0.4 is 9.47 Å². The van der Waals surface area contributed by atoms with Crippen molar-refractivity contribution >= 4 is 18.4 Å². The predicted octanol–water partition coefficient (Wildman–Crippen LogP) is 3.35. The minimum Gasteiger partial charge on any atom is -0.493 e. The Bertz CT molecular complexity index is 719. The highest BCUT2D eigenvalue weighted by atomic mass is 32.1. The largest absolute Gasteiger partial charge is 0.493 e. The summed E-state index contributed by atoms with van der Waals surface area (Å²) in [6.45, 7) is 6.60. The molecule has 0 fully saturated rings. The van der Waals surface area contributed by atoms with Crippen LogP contribution in [-0.2, 0) is 0 Å². The van der Waals surface area contributed by atoms with Crippen molar-refractivity contribution in [2.24, 2.45) is 5.10 Å². The van der Waals surface area contributed by atoms with Gasteiger partial charge in [-0.1, -0.05) is 13.8 Å². The summed E-state index contributed by atoms with van der Waals surface area (Å²) >= 11 is 5.20. The van der Waals surface area contributed by atoms with Gasteiger partial charge in [0.2, 0.25) is 4.77 Å². The number of methoxy groups -OCH3 is 1. The van der Waals surface area contributed by atoms with Crippen LogP contribution in [0, 0.1) is 4.77 Å². The fourth-order valence-electron chi connectivity index (χ4n) is 1.95. The summed E-state index contributed by atoms with van der Waals surface area (Å²) in [5, 5.41) is 11.4. The third-order valence-electron chi connectivity index (χ3n) is 3.00. The van der Waals surface area contributed by atoms with Gasteiger partial charge in [0, 0.05) is 5.92 Å². The quantitative estimate of drug-likeness (QED) is 0.655. The number of ether oxygens (including phenoxy) is 2. The third-order valence-corrected chi connectivity index (χ3v) is 3.27. The minimum absolute atomic E-state index is 0.222. The minimum atomic E-state index is 0.222. The number of nitrogens with one attached hydrogen (secondary N) is 1. The van der Waals surface area contributed by atoms with E-state index in [1.807, 2.05) is 39.0 Å². The Labute approximate surface area is 134 Å². The molecule has 0 aliphatic rings. The van der Waals surface area contributed by atoms with E-state index in [0.29, 0.717) is 22.9 Å². The van der Waals surface area contributed by atoms with Crippen LogP contribution in [-0.4, -0.2) is 34.8 Å². The van der Waals surface area contributed by atoms with Crippen molar-refractivity contribution in [3.05, 3.63) is 34.4 Å². The van der Waals surface area contributed by atoms with Crippen molar-refractivity contribution in [2.45, 2.75) is 26.7 Å². The molecule has 0 aliphatic carbocycles. The zero-order chi connectivity index (χ0) is 16.1. The lowest BCUT2D eigenvalue weighted by molar-refractivity contribution is 0.311. The number of hydrogen-bond acceptors (Lipinski definition) is 5. The number of aromatic amines is 1. The standard InChI is InChI=1S/C15H20N4O2S/c1-5-21-12-7-6-11(8-13(12)20-4)9-16-19-14(10(2)3)17-18-15(19)22/h6-10H,5H2,1-4H3,(H,18,22)/b16-9-. The third kappa shape index (κ3) is 3.54. The molecule has 22 heavy (non-hydrogen) atoms. The number of aromatic nitrogens is 3. The first kappa shape index (κ1) is 16.2. The van der Waals surface area contributed by atoms with E-state index in [0.717, 1.165) is 11.4 Å². The monoisotopic (exact) mass is 320 g/mol. The summed E-state index contributed by atoms with van der Waals surface area (Å²) in [5.74, 6) is 2.40. The van der Waals surface area contributed by atoms with Crippen LogP contribution in [0.4, 0.5) is 0 Å². The van der Waals surface area contributed by atoms with Crippen molar-refractivity contribution in [2.75, 3.05) is 13.7 Å². The van der Waals surface area contributed by atoms with Crippen LogP contribution in [0.3, 0.4) is 0 Å². The highest BCUT2D eigenvalue weighted by Gasteiger charge is 2.09. The van der Waals surface area contributed by atoms with E-state index in [4.69, 9.17) is 21.7 Å². The van der Waals surface area contributed by atoms with Crippen molar-refractivity contribution in [3.63, 3.8) is 0 Å². The maximum Gasteiger partial charge on any atom is 0.216 e. The highest BCUT2D eigenvalue weighted by Crippen LogP contribution is 2.27. The molecule has 1 heterocycles. The van der Waals surface area contributed by atoms with Gasteiger partial charge in [0.15, 0.2) is 17.3 Å².